The fourth-order valence-corrected chi connectivity index (χ4v) is 3.39. The second kappa shape index (κ2) is 10.0. The number of aromatic nitrogens is 2. The van der Waals surface area contributed by atoms with Crippen molar-refractivity contribution in [2.45, 2.75) is 12.1 Å². The number of nitrogens with zero attached hydrogens (tertiary/aromatic N) is 2. The molecule has 0 bridgehead atoms. The molecule has 0 fully saturated rings. The molecule has 8 heteroatoms. The van der Waals surface area contributed by atoms with E-state index in [-0.39, 0.29) is 11.7 Å². The molecule has 0 aliphatic heterocycles. The van der Waals surface area contributed by atoms with Crippen molar-refractivity contribution in [1.82, 2.24) is 10.2 Å². The number of benzene rings is 3. The van der Waals surface area contributed by atoms with Gasteiger partial charge in [-0.2, -0.15) is 0 Å². The molecular weight excluding hydrogens is 426 g/mol. The van der Waals surface area contributed by atoms with Crippen molar-refractivity contribution in [2.75, 3.05) is 18.2 Å². The van der Waals surface area contributed by atoms with Crippen molar-refractivity contribution in [3.05, 3.63) is 78.4 Å². The number of rotatable bonds is 8. The Bertz CT molecular complexity index is 1190. The fraction of sp³-hybridized carbons (Fsp3) is 0.125. The highest BCUT2D eigenvalue weighted by atomic mass is 32.2. The highest BCUT2D eigenvalue weighted by Gasteiger charge is 2.13. The SMILES string of the molecule is COc1ccc(-c2nnc(SCC(=O)Nc3ccccc3Oc3ccc(C)cc3)o2)cc1. The first kappa shape index (κ1) is 21.5. The average Bonchev–Trinajstić information content (AvgIpc) is 3.30. The van der Waals surface area contributed by atoms with Gasteiger partial charge in [-0.3, -0.25) is 4.79 Å². The van der Waals surface area contributed by atoms with E-state index in [2.05, 4.69) is 15.5 Å². The fourth-order valence-electron chi connectivity index (χ4n) is 2.82. The van der Waals surface area contributed by atoms with E-state index in [9.17, 15) is 4.79 Å². The van der Waals surface area contributed by atoms with Crippen LogP contribution in [0.1, 0.15) is 5.56 Å². The summed E-state index contributed by atoms with van der Waals surface area (Å²) >= 11 is 1.16. The van der Waals surface area contributed by atoms with Crippen LogP contribution in [-0.4, -0.2) is 29.0 Å². The van der Waals surface area contributed by atoms with Crippen molar-refractivity contribution >= 4 is 23.4 Å². The van der Waals surface area contributed by atoms with Gasteiger partial charge in [0.1, 0.15) is 11.5 Å². The van der Waals surface area contributed by atoms with Gasteiger partial charge < -0.3 is 19.2 Å². The smallest absolute Gasteiger partial charge is 0.277 e. The molecule has 0 spiro atoms. The molecule has 0 atom stereocenters. The molecule has 1 amide bonds. The third kappa shape index (κ3) is 5.47. The van der Waals surface area contributed by atoms with Crippen molar-refractivity contribution in [3.63, 3.8) is 0 Å². The number of thioether (sulfide) groups is 1. The van der Waals surface area contributed by atoms with E-state index >= 15 is 0 Å². The summed E-state index contributed by atoms with van der Waals surface area (Å²) in [4.78, 5) is 12.5. The predicted octanol–water partition coefficient (Wildman–Crippen LogP) is 5.58. The van der Waals surface area contributed by atoms with E-state index in [1.165, 1.54) is 0 Å². The normalized spacial score (nSPS) is 10.6. The molecule has 1 N–H and O–H groups in total. The standard InChI is InChI=1S/C24H21N3O4S/c1-16-7-11-19(12-8-16)30-21-6-4-3-5-20(21)25-22(28)15-32-24-27-26-23(31-24)17-9-13-18(29-2)14-10-17/h3-14H,15H2,1-2H3,(H,25,28). The highest BCUT2D eigenvalue weighted by molar-refractivity contribution is 7.99. The van der Waals surface area contributed by atoms with Crippen LogP contribution in [0.4, 0.5) is 5.69 Å². The van der Waals surface area contributed by atoms with E-state index in [1.54, 1.807) is 13.2 Å². The van der Waals surface area contributed by atoms with Crippen LogP contribution in [0.15, 0.2) is 82.4 Å². The van der Waals surface area contributed by atoms with Crippen LogP contribution in [0.3, 0.4) is 0 Å². The van der Waals surface area contributed by atoms with Gasteiger partial charge in [-0.25, -0.2) is 0 Å². The number of ether oxygens (including phenoxy) is 2. The number of carbonyl (C=O) groups excluding carboxylic acids is 1. The third-order valence-corrected chi connectivity index (χ3v) is 5.30. The maximum absolute atomic E-state index is 12.5. The zero-order chi connectivity index (χ0) is 22.3. The summed E-state index contributed by atoms with van der Waals surface area (Å²) in [5, 5.41) is 11.2. The van der Waals surface area contributed by atoms with Gasteiger partial charge >= 0.3 is 0 Å². The van der Waals surface area contributed by atoms with E-state index in [0.29, 0.717) is 28.3 Å². The molecule has 0 aliphatic carbocycles. The summed E-state index contributed by atoms with van der Waals surface area (Å²) < 4.78 is 16.7. The van der Waals surface area contributed by atoms with E-state index in [4.69, 9.17) is 13.9 Å². The van der Waals surface area contributed by atoms with Crippen molar-refractivity contribution < 1.29 is 18.7 Å². The lowest BCUT2D eigenvalue weighted by Crippen LogP contribution is -2.14. The molecule has 0 unspecified atom stereocenters. The van der Waals surface area contributed by atoms with Gasteiger partial charge in [-0.1, -0.05) is 41.6 Å². The Hall–Kier alpha value is -3.78. The van der Waals surface area contributed by atoms with Crippen LogP contribution >= 0.6 is 11.8 Å². The van der Waals surface area contributed by atoms with Gasteiger partial charge in [0, 0.05) is 5.56 Å². The lowest BCUT2D eigenvalue weighted by atomic mass is 10.2. The molecule has 0 saturated carbocycles. The maximum Gasteiger partial charge on any atom is 0.277 e. The lowest BCUT2D eigenvalue weighted by Gasteiger charge is -2.12. The number of hydrogen-bond acceptors (Lipinski definition) is 7. The Labute approximate surface area is 189 Å². The largest absolute Gasteiger partial charge is 0.497 e. The molecule has 3 aromatic carbocycles. The van der Waals surface area contributed by atoms with Crippen LogP contribution in [-0.2, 0) is 4.79 Å². The van der Waals surface area contributed by atoms with Crippen LogP contribution in [0, 0.1) is 6.92 Å². The van der Waals surface area contributed by atoms with Gasteiger partial charge in [0.15, 0.2) is 5.75 Å². The zero-order valence-electron chi connectivity index (χ0n) is 17.6. The Morgan fingerprint density at radius 2 is 1.69 bits per heavy atom. The highest BCUT2D eigenvalue weighted by Crippen LogP contribution is 2.30. The van der Waals surface area contributed by atoms with Gasteiger partial charge in [0.2, 0.25) is 11.8 Å². The first-order valence-corrected chi connectivity index (χ1v) is 10.8. The Kier molecular flexibility index (Phi) is 6.72. The van der Waals surface area contributed by atoms with Crippen molar-refractivity contribution in [2.24, 2.45) is 0 Å². The third-order valence-electron chi connectivity index (χ3n) is 4.48. The Balaban J connectivity index is 1.35. The van der Waals surface area contributed by atoms with Crippen molar-refractivity contribution in [3.8, 4) is 28.7 Å². The van der Waals surface area contributed by atoms with Crippen molar-refractivity contribution in [1.29, 1.82) is 0 Å². The summed E-state index contributed by atoms with van der Waals surface area (Å²) in [5.74, 6) is 2.29. The number of methoxy groups -OCH3 is 1. The average molecular weight is 448 g/mol. The van der Waals surface area contributed by atoms with E-state index in [1.807, 2.05) is 73.7 Å². The van der Waals surface area contributed by atoms with Gasteiger partial charge in [0.05, 0.1) is 18.6 Å². The monoisotopic (exact) mass is 447 g/mol. The van der Waals surface area contributed by atoms with Crippen LogP contribution in [0.25, 0.3) is 11.5 Å². The predicted molar refractivity (Wildman–Crippen MR) is 123 cm³/mol. The van der Waals surface area contributed by atoms with Gasteiger partial charge in [0.25, 0.3) is 5.22 Å². The Morgan fingerprint density at radius 3 is 2.44 bits per heavy atom. The molecule has 0 saturated heterocycles. The topological polar surface area (TPSA) is 86.5 Å². The number of carbonyl (C=O) groups is 1. The summed E-state index contributed by atoms with van der Waals surface area (Å²) in [6.45, 7) is 2.01. The molecule has 162 valence electrons. The van der Waals surface area contributed by atoms with Crippen LogP contribution in [0.5, 0.6) is 17.2 Å². The molecule has 0 radical (unpaired) electrons. The minimum atomic E-state index is -0.209. The summed E-state index contributed by atoms with van der Waals surface area (Å²) in [7, 11) is 1.61. The quantitative estimate of drug-likeness (QED) is 0.353. The molecule has 0 aliphatic rings. The van der Waals surface area contributed by atoms with Crippen LogP contribution in [0.2, 0.25) is 0 Å². The van der Waals surface area contributed by atoms with E-state index < -0.39 is 0 Å². The number of anilines is 1. The Morgan fingerprint density at radius 1 is 0.969 bits per heavy atom. The molecule has 4 rings (SSSR count). The minimum absolute atomic E-state index is 0.114. The zero-order valence-corrected chi connectivity index (χ0v) is 18.4. The summed E-state index contributed by atoms with van der Waals surface area (Å²) in [5.41, 5.74) is 2.51. The number of aryl methyl sites for hydroxylation is 1. The first-order chi connectivity index (χ1) is 15.6. The molecule has 32 heavy (non-hydrogen) atoms. The molecule has 7 nitrogen and oxygen atoms in total. The van der Waals surface area contributed by atoms with E-state index in [0.717, 1.165) is 28.6 Å². The minimum Gasteiger partial charge on any atom is -0.497 e. The number of para-hydroxylation sites is 2. The second-order valence-electron chi connectivity index (χ2n) is 6.85. The number of nitrogens with one attached hydrogen (secondary N) is 1. The molecule has 4 aromatic rings. The number of amides is 1. The van der Waals surface area contributed by atoms with Gasteiger partial charge in [-0.15, -0.1) is 10.2 Å². The second-order valence-corrected chi connectivity index (χ2v) is 7.78. The first-order valence-electron chi connectivity index (χ1n) is 9.85. The summed E-state index contributed by atoms with van der Waals surface area (Å²) in [6, 6.07) is 22.3. The molecule has 1 aromatic heterocycles. The van der Waals surface area contributed by atoms with Crippen LogP contribution < -0.4 is 14.8 Å². The molecule has 1 heterocycles. The molecular formula is C24H21N3O4S. The van der Waals surface area contributed by atoms with Gasteiger partial charge in [-0.05, 0) is 55.5 Å². The lowest BCUT2D eigenvalue weighted by molar-refractivity contribution is -0.113. The maximum atomic E-state index is 12.5. The summed E-state index contributed by atoms with van der Waals surface area (Å²) in [6.07, 6.45) is 0. The number of hydrogen-bond donors (Lipinski definition) is 1.